The number of hydrogen-bond donors (Lipinski definition) is 3. The van der Waals surface area contributed by atoms with E-state index in [1.54, 1.807) is 6.07 Å². The van der Waals surface area contributed by atoms with Gasteiger partial charge in [0.05, 0.1) is 36.2 Å². The lowest BCUT2D eigenvalue weighted by atomic mass is 9.84. The van der Waals surface area contributed by atoms with Crippen LogP contribution in [0.3, 0.4) is 0 Å². The molecule has 2 aliphatic rings. The number of primary sulfonamides is 1. The Morgan fingerprint density at radius 3 is 2.64 bits per heavy atom. The van der Waals surface area contributed by atoms with Crippen LogP contribution in [0.1, 0.15) is 72.1 Å². The molecule has 4 N–H and O–H groups in total. The molecule has 0 aromatic heterocycles. The average molecular weight is 514 g/mol. The first-order valence-electron chi connectivity index (χ1n) is 12.6. The van der Waals surface area contributed by atoms with Crippen LogP contribution in [0.5, 0.6) is 5.75 Å². The van der Waals surface area contributed by atoms with Gasteiger partial charge in [0.1, 0.15) is 5.75 Å². The van der Waals surface area contributed by atoms with Crippen molar-refractivity contribution in [2.24, 2.45) is 5.14 Å². The highest BCUT2D eigenvalue weighted by molar-refractivity contribution is 7.89. The number of fused-ring (bicyclic) bond motifs is 2. The van der Waals surface area contributed by atoms with Gasteiger partial charge >= 0.3 is 0 Å². The third-order valence-corrected chi connectivity index (χ3v) is 8.00. The molecule has 3 atom stereocenters. The number of aliphatic hydroxyl groups is 2. The number of nitriles is 1. The predicted molar refractivity (Wildman–Crippen MR) is 137 cm³/mol. The molecule has 0 saturated heterocycles. The van der Waals surface area contributed by atoms with Crippen molar-refractivity contribution < 1.29 is 23.4 Å². The molecule has 1 heterocycles. The van der Waals surface area contributed by atoms with E-state index >= 15 is 0 Å². The van der Waals surface area contributed by atoms with Crippen LogP contribution in [-0.2, 0) is 22.9 Å². The quantitative estimate of drug-likeness (QED) is 0.572. The fourth-order valence-corrected chi connectivity index (χ4v) is 5.82. The first-order valence-corrected chi connectivity index (χ1v) is 14.3. The molecule has 9 heteroatoms. The molecule has 2 aromatic rings. The average Bonchev–Trinajstić information content (AvgIpc) is 2.85. The summed E-state index contributed by atoms with van der Waals surface area (Å²) < 4.78 is 28.7. The minimum Gasteiger partial charge on any atom is -0.493 e. The lowest BCUT2D eigenvalue weighted by molar-refractivity contribution is 0.0816. The van der Waals surface area contributed by atoms with Gasteiger partial charge in [-0.2, -0.15) is 5.26 Å². The molecule has 4 rings (SSSR count). The van der Waals surface area contributed by atoms with Gasteiger partial charge in [-0.15, -0.1) is 0 Å². The smallest absolute Gasteiger partial charge is 0.209 e. The molecule has 0 amide bonds. The van der Waals surface area contributed by atoms with E-state index in [1.807, 2.05) is 30.3 Å². The predicted octanol–water partition coefficient (Wildman–Crippen LogP) is 2.73. The van der Waals surface area contributed by atoms with E-state index in [2.05, 4.69) is 11.0 Å². The monoisotopic (exact) mass is 513 g/mol. The Labute approximate surface area is 213 Å². The van der Waals surface area contributed by atoms with E-state index in [4.69, 9.17) is 9.88 Å². The Hall–Kier alpha value is -2.48. The molecular weight excluding hydrogens is 478 g/mol. The maximum Gasteiger partial charge on any atom is 0.209 e. The highest BCUT2D eigenvalue weighted by Gasteiger charge is 2.30. The summed E-state index contributed by atoms with van der Waals surface area (Å²) >= 11 is 0. The van der Waals surface area contributed by atoms with Gasteiger partial charge in [0.2, 0.25) is 10.0 Å². The van der Waals surface area contributed by atoms with Crippen LogP contribution in [-0.4, -0.2) is 55.0 Å². The van der Waals surface area contributed by atoms with Crippen molar-refractivity contribution >= 4 is 10.0 Å². The SMILES string of the molecule is N#Cc1ccc2c(c1)[C@@H](O)C[C@@H](N1CCCC[C@@H](O)c3cc(CCS(N)(=O)=O)ccc3OCCC1)C2. The number of rotatable bonds is 4. The van der Waals surface area contributed by atoms with Crippen molar-refractivity contribution in [1.82, 2.24) is 4.90 Å². The normalized spacial score (nSPS) is 23.8. The summed E-state index contributed by atoms with van der Waals surface area (Å²) in [6, 6.07) is 13.4. The van der Waals surface area contributed by atoms with E-state index in [9.17, 15) is 23.9 Å². The first kappa shape index (κ1) is 26.6. The number of aliphatic hydroxyl groups excluding tert-OH is 2. The number of sulfonamides is 1. The zero-order chi connectivity index (χ0) is 25.7. The van der Waals surface area contributed by atoms with Crippen LogP contribution in [0.2, 0.25) is 0 Å². The molecule has 1 aliphatic carbocycles. The summed E-state index contributed by atoms with van der Waals surface area (Å²) in [6.45, 7) is 2.20. The molecule has 0 fully saturated rings. The maximum atomic E-state index is 11.3. The number of ether oxygens (including phenoxy) is 1. The number of hydrogen-bond acceptors (Lipinski definition) is 7. The van der Waals surface area contributed by atoms with Gasteiger partial charge in [-0.3, -0.25) is 4.90 Å². The molecule has 8 nitrogen and oxygen atoms in total. The lowest BCUT2D eigenvalue weighted by Gasteiger charge is -2.37. The molecule has 0 unspecified atom stereocenters. The summed E-state index contributed by atoms with van der Waals surface area (Å²) in [5.74, 6) is 0.488. The second-order valence-electron chi connectivity index (χ2n) is 9.87. The molecule has 0 saturated carbocycles. The van der Waals surface area contributed by atoms with E-state index in [0.29, 0.717) is 42.7 Å². The molecule has 0 bridgehead atoms. The summed E-state index contributed by atoms with van der Waals surface area (Å²) in [5, 5.41) is 36.0. The Morgan fingerprint density at radius 1 is 1.06 bits per heavy atom. The fourth-order valence-electron chi connectivity index (χ4n) is 5.30. The second-order valence-corrected chi connectivity index (χ2v) is 11.6. The maximum absolute atomic E-state index is 11.3. The molecule has 36 heavy (non-hydrogen) atoms. The molecule has 0 spiro atoms. The highest BCUT2D eigenvalue weighted by atomic mass is 32.2. The molecule has 0 radical (unpaired) electrons. The van der Waals surface area contributed by atoms with Crippen molar-refractivity contribution in [1.29, 1.82) is 5.26 Å². The van der Waals surface area contributed by atoms with Crippen molar-refractivity contribution in [3.05, 3.63) is 64.2 Å². The van der Waals surface area contributed by atoms with Gasteiger partial charge in [-0.05, 0) is 92.4 Å². The number of nitrogens with zero attached hydrogens (tertiary/aromatic N) is 2. The van der Waals surface area contributed by atoms with E-state index < -0.39 is 22.2 Å². The van der Waals surface area contributed by atoms with Crippen molar-refractivity contribution in [2.75, 3.05) is 25.4 Å². The number of benzene rings is 2. The van der Waals surface area contributed by atoms with Crippen LogP contribution in [0.4, 0.5) is 0 Å². The van der Waals surface area contributed by atoms with Crippen molar-refractivity contribution in [3.63, 3.8) is 0 Å². The largest absolute Gasteiger partial charge is 0.493 e. The summed E-state index contributed by atoms with van der Waals surface area (Å²) in [4.78, 5) is 2.43. The summed E-state index contributed by atoms with van der Waals surface area (Å²) in [5.41, 5.74) is 4.05. The zero-order valence-corrected chi connectivity index (χ0v) is 21.3. The van der Waals surface area contributed by atoms with Gasteiger partial charge in [0.15, 0.2) is 0 Å². The third kappa shape index (κ3) is 6.84. The minimum atomic E-state index is -3.55. The van der Waals surface area contributed by atoms with Gasteiger partial charge in [-0.1, -0.05) is 12.1 Å². The van der Waals surface area contributed by atoms with Crippen LogP contribution < -0.4 is 9.88 Å². The Balaban J connectivity index is 1.43. The van der Waals surface area contributed by atoms with Crippen LogP contribution in [0.15, 0.2) is 36.4 Å². The van der Waals surface area contributed by atoms with Crippen LogP contribution >= 0.6 is 0 Å². The number of nitrogens with two attached hydrogens (primary N) is 1. The van der Waals surface area contributed by atoms with Gasteiger partial charge in [0, 0.05) is 18.2 Å². The second kappa shape index (κ2) is 11.7. The minimum absolute atomic E-state index is 0.140. The van der Waals surface area contributed by atoms with E-state index in [-0.39, 0.29) is 11.8 Å². The van der Waals surface area contributed by atoms with Crippen LogP contribution in [0.25, 0.3) is 0 Å². The van der Waals surface area contributed by atoms with E-state index in [1.165, 1.54) is 0 Å². The standard InChI is InChI=1S/C27H35N3O5S/c28-18-20-5-7-21-16-22(17-26(32)23(21)15-20)30-10-2-1-4-25(31)24-14-19(9-13-36(29,33)34)6-8-27(24)35-12-3-11-30/h5-8,14-15,22,25-26,31-32H,1-4,9-13,16-17H2,(H2,29,33,34)/t22-,25+,26-/m0/s1. The van der Waals surface area contributed by atoms with Gasteiger partial charge in [0.25, 0.3) is 0 Å². The molecular formula is C27H35N3O5S. The molecule has 2 aromatic carbocycles. The topological polar surface area (TPSA) is 137 Å². The molecule has 194 valence electrons. The summed E-state index contributed by atoms with van der Waals surface area (Å²) in [6.07, 6.45) is 3.62. The Bertz CT molecular complexity index is 1210. The summed E-state index contributed by atoms with van der Waals surface area (Å²) in [7, 11) is -3.55. The van der Waals surface area contributed by atoms with E-state index in [0.717, 1.165) is 55.5 Å². The Morgan fingerprint density at radius 2 is 1.86 bits per heavy atom. The first-order chi connectivity index (χ1) is 17.2. The van der Waals surface area contributed by atoms with Crippen molar-refractivity contribution in [3.8, 4) is 11.8 Å². The van der Waals surface area contributed by atoms with Gasteiger partial charge < -0.3 is 14.9 Å². The van der Waals surface area contributed by atoms with Crippen LogP contribution in [0, 0.1) is 11.3 Å². The zero-order valence-electron chi connectivity index (χ0n) is 20.5. The van der Waals surface area contributed by atoms with Gasteiger partial charge in [-0.25, -0.2) is 13.6 Å². The Kier molecular flexibility index (Phi) is 8.65. The fraction of sp³-hybridized carbons (Fsp3) is 0.519. The highest BCUT2D eigenvalue weighted by Crippen LogP contribution is 2.34. The number of aryl methyl sites for hydroxylation is 1. The lowest BCUT2D eigenvalue weighted by Crippen LogP contribution is -2.42. The molecule has 1 aliphatic heterocycles. The third-order valence-electron chi connectivity index (χ3n) is 7.23. The van der Waals surface area contributed by atoms with Crippen molar-refractivity contribution in [2.45, 2.75) is 63.2 Å².